The van der Waals surface area contributed by atoms with Crippen LogP contribution in [0.25, 0.3) is 5.76 Å². The van der Waals surface area contributed by atoms with Crippen LogP contribution in [-0.2, 0) is 19.0 Å². The predicted octanol–water partition coefficient (Wildman–Crippen LogP) is 3.65. The van der Waals surface area contributed by atoms with Crippen LogP contribution in [0.3, 0.4) is 0 Å². The van der Waals surface area contributed by atoms with Crippen molar-refractivity contribution in [2.24, 2.45) is 0 Å². The second-order valence-corrected chi connectivity index (χ2v) is 5.64. The normalized spacial score (nSPS) is 15.8. The van der Waals surface area contributed by atoms with E-state index in [0.29, 0.717) is 24.4 Å². The van der Waals surface area contributed by atoms with Crippen molar-refractivity contribution in [3.8, 4) is 5.75 Å². The van der Waals surface area contributed by atoms with Crippen LogP contribution in [0.2, 0.25) is 0 Å². The fourth-order valence-electron chi connectivity index (χ4n) is 2.97. The van der Waals surface area contributed by atoms with Crippen LogP contribution in [0.15, 0.2) is 36.1 Å². The molecule has 0 saturated carbocycles. The molecule has 0 aliphatic heterocycles. The molecular formula is C19H24O5. The van der Waals surface area contributed by atoms with E-state index in [1.54, 1.807) is 28.3 Å². The Hall–Kier alpha value is -2.43. The van der Waals surface area contributed by atoms with Crippen LogP contribution >= 0.6 is 0 Å². The minimum Gasteiger partial charge on any atom is -0.497 e. The van der Waals surface area contributed by atoms with Gasteiger partial charge in [-0.15, -0.1) is 0 Å². The second-order valence-electron chi connectivity index (χ2n) is 5.64. The first-order chi connectivity index (χ1) is 11.5. The molecule has 2 rings (SSSR count). The number of hydrogen-bond acceptors (Lipinski definition) is 5. The van der Waals surface area contributed by atoms with Gasteiger partial charge in [-0.2, -0.15) is 0 Å². The predicted molar refractivity (Wildman–Crippen MR) is 91.7 cm³/mol. The maximum absolute atomic E-state index is 11.4. The minimum atomic E-state index is -0.358. The monoisotopic (exact) mass is 332 g/mol. The summed E-state index contributed by atoms with van der Waals surface area (Å²) in [5.41, 5.74) is 2.45. The molecular weight excluding hydrogens is 308 g/mol. The summed E-state index contributed by atoms with van der Waals surface area (Å²) in [6.07, 6.45) is 1.49. The molecule has 0 saturated heterocycles. The van der Waals surface area contributed by atoms with Crippen LogP contribution in [-0.4, -0.2) is 33.9 Å². The van der Waals surface area contributed by atoms with Gasteiger partial charge in [0.05, 0.1) is 33.5 Å². The van der Waals surface area contributed by atoms with E-state index in [0.717, 1.165) is 29.1 Å². The molecule has 1 aromatic rings. The molecule has 1 unspecified atom stereocenters. The van der Waals surface area contributed by atoms with Crippen LogP contribution in [0.4, 0.5) is 0 Å². The lowest BCUT2D eigenvalue weighted by Crippen LogP contribution is -2.08. The zero-order valence-electron chi connectivity index (χ0n) is 14.7. The summed E-state index contributed by atoms with van der Waals surface area (Å²) < 4.78 is 21.8. The number of benzene rings is 1. The first-order valence-electron chi connectivity index (χ1n) is 7.87. The van der Waals surface area contributed by atoms with Crippen molar-refractivity contribution in [1.82, 2.24) is 0 Å². The second kappa shape index (κ2) is 7.90. The van der Waals surface area contributed by atoms with E-state index in [1.807, 2.05) is 18.2 Å². The number of carbonyl (C=O) groups excluding carboxylic acids is 1. The van der Waals surface area contributed by atoms with E-state index in [9.17, 15) is 4.79 Å². The Kier molecular flexibility index (Phi) is 5.90. The molecule has 1 aliphatic rings. The van der Waals surface area contributed by atoms with Gasteiger partial charge in [-0.25, -0.2) is 4.79 Å². The maximum atomic E-state index is 11.4. The summed E-state index contributed by atoms with van der Waals surface area (Å²) in [7, 11) is 4.90. The quantitative estimate of drug-likeness (QED) is 0.413. The molecule has 0 fully saturated rings. The molecule has 5 heteroatoms. The van der Waals surface area contributed by atoms with Crippen molar-refractivity contribution in [1.29, 1.82) is 0 Å². The molecule has 5 nitrogen and oxygen atoms in total. The minimum absolute atomic E-state index is 0.0542. The SMILES string of the molecule is C=C(C)C(=O)OCCCC1C(OC)=C(OC)c2c(OC)cccc21. The van der Waals surface area contributed by atoms with E-state index in [2.05, 4.69) is 6.58 Å². The lowest BCUT2D eigenvalue weighted by molar-refractivity contribution is -0.139. The van der Waals surface area contributed by atoms with E-state index >= 15 is 0 Å². The zero-order valence-corrected chi connectivity index (χ0v) is 14.7. The topological polar surface area (TPSA) is 54.0 Å². The summed E-state index contributed by atoms with van der Waals surface area (Å²) >= 11 is 0. The van der Waals surface area contributed by atoms with Gasteiger partial charge in [0.15, 0.2) is 5.76 Å². The average molecular weight is 332 g/mol. The number of methoxy groups -OCH3 is 3. The fourth-order valence-corrected chi connectivity index (χ4v) is 2.97. The third-order valence-corrected chi connectivity index (χ3v) is 4.06. The number of ether oxygens (including phenoxy) is 4. The van der Waals surface area contributed by atoms with Gasteiger partial charge in [0, 0.05) is 11.5 Å². The third kappa shape index (κ3) is 3.40. The Bertz CT molecular complexity index is 660. The van der Waals surface area contributed by atoms with Crippen LogP contribution in [0, 0.1) is 0 Å². The maximum Gasteiger partial charge on any atom is 0.333 e. The molecule has 1 atom stereocenters. The summed E-state index contributed by atoms with van der Waals surface area (Å²) in [4.78, 5) is 11.4. The number of carbonyl (C=O) groups is 1. The molecule has 0 aromatic heterocycles. The molecule has 24 heavy (non-hydrogen) atoms. The number of hydrogen-bond donors (Lipinski definition) is 0. The lowest BCUT2D eigenvalue weighted by Gasteiger charge is -2.15. The first-order valence-corrected chi connectivity index (χ1v) is 7.87. The zero-order chi connectivity index (χ0) is 17.7. The fraction of sp³-hybridized carbons (Fsp3) is 0.421. The van der Waals surface area contributed by atoms with Gasteiger partial charge < -0.3 is 18.9 Å². The van der Waals surface area contributed by atoms with Crippen molar-refractivity contribution in [3.63, 3.8) is 0 Å². The number of rotatable bonds is 8. The van der Waals surface area contributed by atoms with Crippen LogP contribution in [0.1, 0.15) is 36.8 Å². The van der Waals surface area contributed by atoms with Gasteiger partial charge in [0.25, 0.3) is 0 Å². The standard InChI is InChI=1S/C19H24O5/c1-12(2)19(20)24-11-7-9-14-13-8-6-10-15(21-3)16(13)18(23-5)17(14)22-4/h6,8,10,14H,1,7,9,11H2,2-5H3. The van der Waals surface area contributed by atoms with Crippen molar-refractivity contribution in [3.05, 3.63) is 47.2 Å². The van der Waals surface area contributed by atoms with Gasteiger partial charge in [0.2, 0.25) is 0 Å². The van der Waals surface area contributed by atoms with Crippen molar-refractivity contribution < 1.29 is 23.7 Å². The highest BCUT2D eigenvalue weighted by Gasteiger charge is 2.35. The summed E-state index contributed by atoms with van der Waals surface area (Å²) in [5.74, 6) is 1.94. The van der Waals surface area contributed by atoms with E-state index in [4.69, 9.17) is 18.9 Å². The van der Waals surface area contributed by atoms with E-state index in [-0.39, 0.29) is 11.9 Å². The van der Waals surface area contributed by atoms with Gasteiger partial charge in [-0.1, -0.05) is 18.7 Å². The van der Waals surface area contributed by atoms with E-state index < -0.39 is 0 Å². The molecule has 1 aromatic carbocycles. The Balaban J connectivity index is 2.17. The van der Waals surface area contributed by atoms with Gasteiger partial charge >= 0.3 is 5.97 Å². The number of allylic oxidation sites excluding steroid dienone is 1. The lowest BCUT2D eigenvalue weighted by atomic mass is 9.95. The Morgan fingerprint density at radius 3 is 2.50 bits per heavy atom. The van der Waals surface area contributed by atoms with Gasteiger partial charge in [-0.3, -0.25) is 0 Å². The molecule has 0 spiro atoms. The van der Waals surface area contributed by atoms with Crippen molar-refractivity contribution in [2.75, 3.05) is 27.9 Å². The highest BCUT2D eigenvalue weighted by atomic mass is 16.5. The van der Waals surface area contributed by atoms with Gasteiger partial charge in [0.1, 0.15) is 11.5 Å². The smallest absolute Gasteiger partial charge is 0.333 e. The third-order valence-electron chi connectivity index (χ3n) is 4.06. The Morgan fingerprint density at radius 1 is 1.17 bits per heavy atom. The molecule has 0 bridgehead atoms. The van der Waals surface area contributed by atoms with Crippen LogP contribution < -0.4 is 4.74 Å². The average Bonchev–Trinajstić information content (AvgIpc) is 2.90. The molecule has 1 aliphatic carbocycles. The molecule has 0 N–H and O–H groups in total. The summed E-state index contributed by atoms with van der Waals surface area (Å²) in [6, 6.07) is 5.91. The summed E-state index contributed by atoms with van der Waals surface area (Å²) in [6.45, 7) is 5.56. The van der Waals surface area contributed by atoms with Crippen molar-refractivity contribution in [2.45, 2.75) is 25.7 Å². The summed E-state index contributed by atoms with van der Waals surface area (Å²) in [5, 5.41) is 0. The van der Waals surface area contributed by atoms with Crippen LogP contribution in [0.5, 0.6) is 5.75 Å². The molecule has 0 heterocycles. The highest BCUT2D eigenvalue weighted by Crippen LogP contribution is 2.48. The largest absolute Gasteiger partial charge is 0.497 e. The molecule has 0 radical (unpaired) electrons. The molecule has 0 amide bonds. The molecule has 130 valence electrons. The highest BCUT2D eigenvalue weighted by molar-refractivity contribution is 5.86. The van der Waals surface area contributed by atoms with Crippen molar-refractivity contribution >= 4 is 11.7 Å². The number of fused-ring (bicyclic) bond motifs is 1. The number of esters is 1. The van der Waals surface area contributed by atoms with E-state index in [1.165, 1.54) is 0 Å². The Labute approximate surface area is 142 Å². The van der Waals surface area contributed by atoms with Gasteiger partial charge in [-0.05, 0) is 31.4 Å². The Morgan fingerprint density at radius 2 is 1.92 bits per heavy atom. The first kappa shape index (κ1) is 17.9.